The van der Waals surface area contributed by atoms with Gasteiger partial charge in [0.2, 0.25) is 5.91 Å². The fourth-order valence-corrected chi connectivity index (χ4v) is 1.33. The zero-order valence-electron chi connectivity index (χ0n) is 8.96. The number of primary amides is 1. The van der Waals surface area contributed by atoms with Crippen LogP contribution in [-0.4, -0.2) is 10.9 Å². The molecule has 5 nitrogen and oxygen atoms in total. The summed E-state index contributed by atoms with van der Waals surface area (Å²) < 4.78 is 5.53. The number of pyridine rings is 1. The lowest BCUT2D eigenvalue weighted by Gasteiger charge is -2.08. The number of ether oxygens (including phenoxy) is 1. The Morgan fingerprint density at radius 3 is 2.82 bits per heavy atom. The average molecular weight is 229 g/mol. The van der Waals surface area contributed by atoms with Crippen molar-refractivity contribution < 1.29 is 9.53 Å². The molecule has 0 spiro atoms. The van der Waals surface area contributed by atoms with Crippen LogP contribution in [0.3, 0.4) is 0 Å². The SMILES string of the molecule is NC(=O)c1cccc(Oc2ccncc2N)c1. The molecule has 1 aromatic heterocycles. The van der Waals surface area contributed by atoms with Gasteiger partial charge in [0.25, 0.3) is 0 Å². The first kappa shape index (κ1) is 10.9. The molecule has 0 bridgehead atoms. The zero-order valence-corrected chi connectivity index (χ0v) is 8.96. The van der Waals surface area contributed by atoms with Crippen molar-refractivity contribution >= 4 is 11.6 Å². The van der Waals surface area contributed by atoms with E-state index < -0.39 is 5.91 Å². The van der Waals surface area contributed by atoms with Crippen molar-refractivity contribution in [3.8, 4) is 11.5 Å². The molecule has 0 aliphatic rings. The number of nitrogens with zero attached hydrogens (tertiary/aromatic N) is 1. The van der Waals surface area contributed by atoms with Crippen LogP contribution in [0.1, 0.15) is 10.4 Å². The van der Waals surface area contributed by atoms with Gasteiger partial charge in [0, 0.05) is 17.8 Å². The minimum Gasteiger partial charge on any atom is -0.455 e. The lowest BCUT2D eigenvalue weighted by atomic mass is 10.2. The lowest BCUT2D eigenvalue weighted by Crippen LogP contribution is -2.10. The highest BCUT2D eigenvalue weighted by atomic mass is 16.5. The second-order valence-electron chi connectivity index (χ2n) is 3.41. The van der Waals surface area contributed by atoms with E-state index in [0.717, 1.165) is 0 Å². The van der Waals surface area contributed by atoms with E-state index >= 15 is 0 Å². The second kappa shape index (κ2) is 4.52. The zero-order chi connectivity index (χ0) is 12.3. The Bertz CT molecular complexity index is 555. The van der Waals surface area contributed by atoms with Gasteiger partial charge in [0.1, 0.15) is 5.75 Å². The summed E-state index contributed by atoms with van der Waals surface area (Å²) in [6.07, 6.45) is 3.07. The third kappa shape index (κ3) is 2.52. The number of nitrogens with two attached hydrogens (primary N) is 2. The van der Waals surface area contributed by atoms with Crippen molar-refractivity contribution in [2.24, 2.45) is 5.73 Å². The van der Waals surface area contributed by atoms with Crippen molar-refractivity contribution in [1.29, 1.82) is 0 Å². The number of benzene rings is 1. The molecule has 5 heteroatoms. The first-order valence-electron chi connectivity index (χ1n) is 4.94. The summed E-state index contributed by atoms with van der Waals surface area (Å²) in [6.45, 7) is 0. The van der Waals surface area contributed by atoms with Gasteiger partial charge in [-0.1, -0.05) is 6.07 Å². The topological polar surface area (TPSA) is 91.2 Å². The third-order valence-electron chi connectivity index (χ3n) is 2.16. The molecule has 1 aromatic carbocycles. The summed E-state index contributed by atoms with van der Waals surface area (Å²) in [5.41, 5.74) is 11.7. The Labute approximate surface area is 98.0 Å². The third-order valence-corrected chi connectivity index (χ3v) is 2.16. The van der Waals surface area contributed by atoms with Crippen LogP contribution in [0, 0.1) is 0 Å². The lowest BCUT2D eigenvalue weighted by molar-refractivity contribution is 0.1000. The maximum Gasteiger partial charge on any atom is 0.248 e. The maximum absolute atomic E-state index is 11.0. The van der Waals surface area contributed by atoms with E-state index in [1.54, 1.807) is 36.5 Å². The van der Waals surface area contributed by atoms with Crippen LogP contribution in [0.2, 0.25) is 0 Å². The van der Waals surface area contributed by atoms with Crippen LogP contribution in [0.4, 0.5) is 5.69 Å². The van der Waals surface area contributed by atoms with E-state index in [2.05, 4.69) is 4.98 Å². The smallest absolute Gasteiger partial charge is 0.248 e. The molecule has 0 atom stereocenters. The van der Waals surface area contributed by atoms with Crippen LogP contribution in [0.5, 0.6) is 11.5 Å². The summed E-state index contributed by atoms with van der Waals surface area (Å²) >= 11 is 0. The normalized spacial score (nSPS) is 9.88. The minimum atomic E-state index is -0.502. The van der Waals surface area contributed by atoms with Crippen molar-refractivity contribution in [1.82, 2.24) is 4.98 Å². The summed E-state index contributed by atoms with van der Waals surface area (Å²) in [5.74, 6) is 0.485. The van der Waals surface area contributed by atoms with E-state index in [9.17, 15) is 4.79 Å². The van der Waals surface area contributed by atoms with Gasteiger partial charge in [-0.2, -0.15) is 0 Å². The molecule has 2 rings (SSSR count). The Morgan fingerprint density at radius 2 is 2.12 bits per heavy atom. The van der Waals surface area contributed by atoms with E-state index in [4.69, 9.17) is 16.2 Å². The highest BCUT2D eigenvalue weighted by molar-refractivity contribution is 5.93. The molecule has 86 valence electrons. The Kier molecular flexibility index (Phi) is 2.91. The van der Waals surface area contributed by atoms with Gasteiger partial charge in [0.15, 0.2) is 5.75 Å². The molecule has 4 N–H and O–H groups in total. The number of aromatic nitrogens is 1. The summed E-state index contributed by atoms with van der Waals surface area (Å²) in [4.78, 5) is 14.9. The number of carbonyl (C=O) groups excluding carboxylic acids is 1. The molecule has 0 aliphatic heterocycles. The van der Waals surface area contributed by atoms with Crippen LogP contribution < -0.4 is 16.2 Å². The molecule has 1 amide bonds. The van der Waals surface area contributed by atoms with Crippen LogP contribution in [-0.2, 0) is 0 Å². The molecule has 2 aromatic rings. The summed E-state index contributed by atoms with van der Waals surface area (Å²) in [5, 5.41) is 0. The van der Waals surface area contributed by atoms with E-state index in [1.165, 1.54) is 6.20 Å². The van der Waals surface area contributed by atoms with Gasteiger partial charge in [-0.05, 0) is 18.2 Å². The number of hydrogen-bond acceptors (Lipinski definition) is 4. The fraction of sp³-hybridized carbons (Fsp3) is 0. The Hall–Kier alpha value is -2.56. The van der Waals surface area contributed by atoms with E-state index in [0.29, 0.717) is 22.7 Å². The Morgan fingerprint density at radius 1 is 1.29 bits per heavy atom. The predicted octanol–water partition coefficient (Wildman–Crippen LogP) is 1.55. The highest BCUT2D eigenvalue weighted by Gasteiger charge is 2.04. The van der Waals surface area contributed by atoms with Crippen molar-refractivity contribution in [2.45, 2.75) is 0 Å². The average Bonchev–Trinajstić information content (AvgIpc) is 2.32. The van der Waals surface area contributed by atoms with Gasteiger partial charge in [-0.3, -0.25) is 9.78 Å². The van der Waals surface area contributed by atoms with Crippen LogP contribution >= 0.6 is 0 Å². The molecule has 17 heavy (non-hydrogen) atoms. The summed E-state index contributed by atoms with van der Waals surface area (Å²) in [7, 11) is 0. The molecule has 0 saturated heterocycles. The largest absolute Gasteiger partial charge is 0.455 e. The molecule has 0 radical (unpaired) electrons. The van der Waals surface area contributed by atoms with E-state index in [-0.39, 0.29) is 0 Å². The predicted molar refractivity (Wildman–Crippen MR) is 63.7 cm³/mol. The molecule has 1 heterocycles. The number of carbonyl (C=O) groups is 1. The molecular weight excluding hydrogens is 218 g/mol. The molecule has 0 fully saturated rings. The fourth-order valence-electron chi connectivity index (χ4n) is 1.33. The van der Waals surface area contributed by atoms with Crippen LogP contribution in [0.25, 0.3) is 0 Å². The van der Waals surface area contributed by atoms with E-state index in [1.807, 2.05) is 0 Å². The first-order chi connectivity index (χ1) is 8.16. The van der Waals surface area contributed by atoms with Gasteiger partial charge < -0.3 is 16.2 Å². The summed E-state index contributed by atoms with van der Waals surface area (Å²) in [6, 6.07) is 8.22. The number of rotatable bonds is 3. The first-order valence-corrected chi connectivity index (χ1v) is 4.94. The van der Waals surface area contributed by atoms with Crippen molar-refractivity contribution in [3.63, 3.8) is 0 Å². The van der Waals surface area contributed by atoms with Gasteiger partial charge in [0.05, 0.1) is 11.9 Å². The highest BCUT2D eigenvalue weighted by Crippen LogP contribution is 2.26. The van der Waals surface area contributed by atoms with Gasteiger partial charge >= 0.3 is 0 Å². The van der Waals surface area contributed by atoms with Crippen LogP contribution in [0.15, 0.2) is 42.7 Å². The molecular formula is C12H11N3O2. The standard InChI is InChI=1S/C12H11N3O2/c13-10-7-15-5-4-11(10)17-9-3-1-2-8(6-9)12(14)16/h1-7H,13H2,(H2,14,16). The van der Waals surface area contributed by atoms with Gasteiger partial charge in [-0.15, -0.1) is 0 Å². The molecule has 0 saturated carbocycles. The number of anilines is 1. The Balaban J connectivity index is 2.28. The molecule has 0 unspecified atom stereocenters. The number of amides is 1. The minimum absolute atomic E-state index is 0.384. The van der Waals surface area contributed by atoms with Crippen molar-refractivity contribution in [3.05, 3.63) is 48.3 Å². The number of hydrogen-bond donors (Lipinski definition) is 2. The number of nitrogen functional groups attached to an aromatic ring is 1. The molecule has 0 aliphatic carbocycles. The monoisotopic (exact) mass is 229 g/mol. The quantitative estimate of drug-likeness (QED) is 0.835. The maximum atomic E-state index is 11.0. The second-order valence-corrected chi connectivity index (χ2v) is 3.41. The van der Waals surface area contributed by atoms with Gasteiger partial charge in [-0.25, -0.2) is 0 Å². The van der Waals surface area contributed by atoms with Crippen molar-refractivity contribution in [2.75, 3.05) is 5.73 Å².